The minimum atomic E-state index is -0.0315. The molecular weight excluding hydrogens is 304 g/mol. The van der Waals surface area contributed by atoms with Gasteiger partial charge in [-0.05, 0) is 25.3 Å². The van der Waals surface area contributed by atoms with Gasteiger partial charge >= 0.3 is 0 Å². The molecule has 1 saturated heterocycles. The van der Waals surface area contributed by atoms with Crippen LogP contribution < -0.4 is 0 Å². The Balaban J connectivity index is 1.94. The molecule has 0 saturated carbocycles. The maximum atomic E-state index is 12.7. The third-order valence-electron chi connectivity index (χ3n) is 3.63. The minimum absolute atomic E-state index is 0.0315. The van der Waals surface area contributed by atoms with Gasteiger partial charge in [-0.15, -0.1) is 0 Å². The van der Waals surface area contributed by atoms with E-state index in [-0.39, 0.29) is 10.7 Å². The number of nitrogens with zero attached hydrogens (tertiary/aromatic N) is 2. The van der Waals surface area contributed by atoms with Crippen molar-refractivity contribution in [2.24, 2.45) is 0 Å². The third kappa shape index (κ3) is 3.01. The Morgan fingerprint density at radius 1 is 1.38 bits per heavy atom. The van der Waals surface area contributed by atoms with Gasteiger partial charge in [0.05, 0.1) is 0 Å². The lowest BCUT2D eigenvalue weighted by Crippen LogP contribution is -2.46. The van der Waals surface area contributed by atoms with Crippen molar-refractivity contribution in [3.63, 3.8) is 0 Å². The number of halogens is 1. The summed E-state index contributed by atoms with van der Waals surface area (Å²) in [5, 5.41) is 2.22. The van der Waals surface area contributed by atoms with Crippen molar-refractivity contribution >= 4 is 40.0 Å². The molecular formula is C16H17ClN2OS. The molecule has 2 heterocycles. The number of fused-ring (bicyclic) bond motifs is 1. The summed E-state index contributed by atoms with van der Waals surface area (Å²) in [6.45, 7) is 5.83. The number of carbonyl (C=O) groups is 1. The van der Waals surface area contributed by atoms with Crippen LogP contribution in [-0.4, -0.2) is 39.4 Å². The van der Waals surface area contributed by atoms with Crippen LogP contribution in [0.25, 0.3) is 10.8 Å². The van der Waals surface area contributed by atoms with Gasteiger partial charge < -0.3 is 4.90 Å². The highest BCUT2D eigenvalue weighted by atomic mass is 35.5. The van der Waals surface area contributed by atoms with Crippen LogP contribution in [0.4, 0.5) is 0 Å². The van der Waals surface area contributed by atoms with Crippen LogP contribution in [-0.2, 0) is 0 Å². The smallest absolute Gasteiger partial charge is 0.272 e. The highest BCUT2D eigenvalue weighted by Gasteiger charge is 2.30. The fourth-order valence-electron chi connectivity index (χ4n) is 2.62. The lowest BCUT2D eigenvalue weighted by Gasteiger charge is -2.37. The number of thioether (sulfide) groups is 1. The molecule has 1 aliphatic rings. The van der Waals surface area contributed by atoms with E-state index in [0.717, 1.165) is 29.6 Å². The van der Waals surface area contributed by atoms with Crippen molar-refractivity contribution < 1.29 is 4.79 Å². The first-order chi connectivity index (χ1) is 9.96. The SMILES string of the molecule is CC1(C)CN(C(=O)c2cc3ccccc3c(Cl)n2)CCS1. The third-order valence-corrected chi connectivity index (χ3v) is 5.21. The topological polar surface area (TPSA) is 33.2 Å². The summed E-state index contributed by atoms with van der Waals surface area (Å²) in [5.41, 5.74) is 0.432. The first-order valence-electron chi connectivity index (χ1n) is 6.95. The molecule has 0 spiro atoms. The molecule has 0 unspecified atom stereocenters. The molecule has 21 heavy (non-hydrogen) atoms. The van der Waals surface area contributed by atoms with E-state index in [9.17, 15) is 4.79 Å². The average molecular weight is 321 g/mol. The van der Waals surface area contributed by atoms with Gasteiger partial charge in [-0.2, -0.15) is 11.8 Å². The summed E-state index contributed by atoms with van der Waals surface area (Å²) < 4.78 is 0.0918. The van der Waals surface area contributed by atoms with Crippen LogP contribution in [0, 0.1) is 0 Å². The van der Waals surface area contributed by atoms with Crippen molar-refractivity contribution in [2.75, 3.05) is 18.8 Å². The maximum Gasteiger partial charge on any atom is 0.272 e. The van der Waals surface area contributed by atoms with E-state index in [4.69, 9.17) is 11.6 Å². The molecule has 3 nitrogen and oxygen atoms in total. The van der Waals surface area contributed by atoms with Crippen LogP contribution in [0.5, 0.6) is 0 Å². The zero-order chi connectivity index (χ0) is 15.0. The van der Waals surface area contributed by atoms with Crippen LogP contribution in [0.2, 0.25) is 5.15 Å². The van der Waals surface area contributed by atoms with Crippen LogP contribution in [0.15, 0.2) is 30.3 Å². The standard InChI is InChI=1S/C16H17ClN2OS/c1-16(2)10-19(7-8-21-16)15(20)13-9-11-5-3-4-6-12(11)14(17)18-13/h3-6,9H,7-8,10H2,1-2H3. The van der Waals surface area contributed by atoms with Crippen LogP contribution in [0.1, 0.15) is 24.3 Å². The number of aromatic nitrogens is 1. The van der Waals surface area contributed by atoms with E-state index in [1.165, 1.54) is 0 Å². The Morgan fingerprint density at radius 3 is 2.90 bits per heavy atom. The summed E-state index contributed by atoms with van der Waals surface area (Å²) in [6, 6.07) is 9.56. The fraction of sp³-hybridized carbons (Fsp3) is 0.375. The van der Waals surface area contributed by atoms with Crippen molar-refractivity contribution in [1.29, 1.82) is 0 Å². The molecule has 0 atom stereocenters. The normalized spacial score (nSPS) is 18.0. The summed E-state index contributed by atoms with van der Waals surface area (Å²) in [5.74, 6) is 0.927. The second-order valence-corrected chi connectivity index (χ2v) is 8.01. The molecule has 0 N–H and O–H groups in total. The Kier molecular flexibility index (Phi) is 3.84. The van der Waals surface area contributed by atoms with Crippen LogP contribution in [0.3, 0.4) is 0 Å². The molecule has 0 radical (unpaired) electrons. The average Bonchev–Trinajstić information content (AvgIpc) is 2.45. The molecule has 1 fully saturated rings. The number of carbonyl (C=O) groups excluding carboxylic acids is 1. The highest BCUT2D eigenvalue weighted by Crippen LogP contribution is 2.30. The summed E-state index contributed by atoms with van der Waals surface area (Å²) in [4.78, 5) is 18.8. The van der Waals surface area contributed by atoms with E-state index >= 15 is 0 Å². The monoisotopic (exact) mass is 320 g/mol. The van der Waals surface area contributed by atoms with E-state index < -0.39 is 0 Å². The lowest BCUT2D eigenvalue weighted by atomic mass is 10.1. The maximum absolute atomic E-state index is 12.7. The molecule has 110 valence electrons. The highest BCUT2D eigenvalue weighted by molar-refractivity contribution is 8.00. The Hall–Kier alpha value is -1.26. The molecule has 0 aliphatic carbocycles. The van der Waals surface area contributed by atoms with Gasteiger partial charge in [0.25, 0.3) is 5.91 Å². The van der Waals surface area contributed by atoms with Gasteiger partial charge in [-0.25, -0.2) is 4.98 Å². The van der Waals surface area contributed by atoms with E-state index in [1.54, 1.807) is 0 Å². The first kappa shape index (κ1) is 14.7. The molecule has 1 aromatic carbocycles. The van der Waals surface area contributed by atoms with Crippen LogP contribution >= 0.6 is 23.4 Å². The summed E-state index contributed by atoms with van der Waals surface area (Å²) in [6.07, 6.45) is 0. The number of benzene rings is 1. The molecule has 2 aromatic rings. The second kappa shape index (κ2) is 5.50. The van der Waals surface area contributed by atoms with E-state index in [0.29, 0.717) is 10.8 Å². The first-order valence-corrected chi connectivity index (χ1v) is 8.31. The van der Waals surface area contributed by atoms with Gasteiger partial charge in [-0.1, -0.05) is 35.9 Å². The number of hydrogen-bond donors (Lipinski definition) is 0. The predicted molar refractivity (Wildman–Crippen MR) is 89.2 cm³/mol. The molecule has 1 amide bonds. The van der Waals surface area contributed by atoms with Gasteiger partial charge in [0.2, 0.25) is 0 Å². The number of rotatable bonds is 1. The van der Waals surface area contributed by atoms with Crippen molar-refractivity contribution in [2.45, 2.75) is 18.6 Å². The summed E-state index contributed by atoms with van der Waals surface area (Å²) >= 11 is 8.12. The zero-order valence-corrected chi connectivity index (χ0v) is 13.7. The molecule has 5 heteroatoms. The van der Waals surface area contributed by atoms with Gasteiger partial charge in [0.15, 0.2) is 0 Å². The lowest BCUT2D eigenvalue weighted by molar-refractivity contribution is 0.0742. The fourth-order valence-corrected chi connectivity index (χ4v) is 3.99. The van der Waals surface area contributed by atoms with Crippen molar-refractivity contribution in [3.8, 4) is 0 Å². The molecule has 0 bridgehead atoms. The van der Waals surface area contributed by atoms with Crippen molar-refractivity contribution in [1.82, 2.24) is 9.88 Å². The van der Waals surface area contributed by atoms with E-state index in [1.807, 2.05) is 47.0 Å². The zero-order valence-electron chi connectivity index (χ0n) is 12.1. The van der Waals surface area contributed by atoms with Gasteiger partial charge in [0, 0.05) is 29.0 Å². The van der Waals surface area contributed by atoms with Gasteiger partial charge in [-0.3, -0.25) is 4.79 Å². The van der Waals surface area contributed by atoms with Crippen molar-refractivity contribution in [3.05, 3.63) is 41.2 Å². The van der Waals surface area contributed by atoms with E-state index in [2.05, 4.69) is 18.8 Å². The number of amides is 1. The quantitative estimate of drug-likeness (QED) is 0.748. The Labute approximate surface area is 133 Å². The molecule has 1 aromatic heterocycles. The predicted octanol–water partition coefficient (Wildman–Crippen LogP) is 3.86. The Bertz CT molecular complexity index is 702. The largest absolute Gasteiger partial charge is 0.335 e. The molecule has 1 aliphatic heterocycles. The number of pyridine rings is 1. The Morgan fingerprint density at radius 2 is 2.14 bits per heavy atom. The number of hydrogen-bond acceptors (Lipinski definition) is 3. The van der Waals surface area contributed by atoms with Gasteiger partial charge in [0.1, 0.15) is 10.8 Å². The minimum Gasteiger partial charge on any atom is -0.335 e. The summed E-state index contributed by atoms with van der Waals surface area (Å²) in [7, 11) is 0. The molecule has 3 rings (SSSR count). The second-order valence-electron chi connectivity index (χ2n) is 5.85.